The molecule has 0 bridgehead atoms. The molecule has 30 atom stereocenters. The van der Waals surface area contributed by atoms with Crippen LogP contribution in [0.5, 0.6) is 0 Å². The van der Waals surface area contributed by atoms with Gasteiger partial charge in [-0.2, -0.15) is 0 Å². The van der Waals surface area contributed by atoms with Crippen LogP contribution in [0.25, 0.3) is 0 Å². The highest BCUT2D eigenvalue weighted by Crippen LogP contribution is 2.77. The number of esters is 2. The quantitative estimate of drug-likeness (QED) is 0.0833. The number of hydrogen-bond donors (Lipinski definition) is 12. The zero-order valence-electron chi connectivity index (χ0n) is 46.3. The van der Waals surface area contributed by atoms with Crippen molar-refractivity contribution in [3.8, 4) is 0 Å². The molecule has 0 aromatic heterocycles. The van der Waals surface area contributed by atoms with Crippen LogP contribution in [0, 0.1) is 62.6 Å². The average molecular weight is 1120 g/mol. The normalized spacial score (nSPS) is 54.1. The van der Waals surface area contributed by atoms with Crippen LogP contribution in [0.4, 0.5) is 0 Å². The molecule has 0 aromatic rings. The van der Waals surface area contributed by atoms with Crippen LogP contribution in [-0.2, 0) is 52.2 Å². The Morgan fingerprint density at radius 1 is 0.551 bits per heavy atom. The Morgan fingerprint density at radius 2 is 1.14 bits per heavy atom. The third-order valence-corrected chi connectivity index (χ3v) is 22.3. The van der Waals surface area contributed by atoms with Crippen LogP contribution in [0.2, 0.25) is 0 Å². The third kappa shape index (κ3) is 10.0. The lowest BCUT2D eigenvalue weighted by molar-refractivity contribution is -0.358. The Labute approximate surface area is 455 Å². The van der Waals surface area contributed by atoms with E-state index >= 15 is 4.79 Å². The van der Waals surface area contributed by atoms with Crippen molar-refractivity contribution in [1.29, 1.82) is 0 Å². The summed E-state index contributed by atoms with van der Waals surface area (Å²) in [4.78, 5) is 27.8. The fraction of sp³-hybridized carbons (Fsp3) is 0.964. The number of aliphatic hydroxyl groups is 12. The summed E-state index contributed by atoms with van der Waals surface area (Å²) in [5.41, 5.74) is -1.86. The van der Waals surface area contributed by atoms with E-state index in [0.29, 0.717) is 31.1 Å². The second-order valence-corrected chi connectivity index (χ2v) is 26.3. The lowest BCUT2D eigenvalue weighted by Gasteiger charge is -2.74. The van der Waals surface area contributed by atoms with Gasteiger partial charge in [-0.3, -0.25) is 9.59 Å². The van der Waals surface area contributed by atoms with Crippen molar-refractivity contribution in [2.24, 2.45) is 62.6 Å². The average Bonchev–Trinajstić information content (AvgIpc) is 3.50. The van der Waals surface area contributed by atoms with E-state index in [0.717, 1.165) is 44.9 Å². The van der Waals surface area contributed by atoms with E-state index in [4.69, 9.17) is 42.6 Å². The number of aliphatic hydroxyl groups excluding tert-OH is 12. The molecule has 12 N–H and O–H groups in total. The summed E-state index contributed by atoms with van der Waals surface area (Å²) in [6.45, 7) is 15.2. The van der Waals surface area contributed by atoms with Gasteiger partial charge in [-0.15, -0.1) is 0 Å². The molecule has 78 heavy (non-hydrogen) atoms. The molecule has 4 saturated heterocycles. The van der Waals surface area contributed by atoms with Crippen molar-refractivity contribution in [2.45, 2.75) is 242 Å². The van der Waals surface area contributed by atoms with Gasteiger partial charge in [0, 0.05) is 6.92 Å². The van der Waals surface area contributed by atoms with Crippen LogP contribution in [0.15, 0.2) is 0 Å². The van der Waals surface area contributed by atoms with Crippen molar-refractivity contribution in [2.75, 3.05) is 26.4 Å². The van der Waals surface area contributed by atoms with Crippen LogP contribution in [0.3, 0.4) is 0 Å². The van der Waals surface area contributed by atoms with E-state index in [9.17, 15) is 66.1 Å². The first-order chi connectivity index (χ1) is 36.6. The molecule has 0 aromatic carbocycles. The van der Waals surface area contributed by atoms with Gasteiger partial charge >= 0.3 is 11.9 Å². The minimum Gasteiger partial charge on any atom is -0.454 e. The molecule has 0 unspecified atom stereocenters. The first-order valence-corrected chi connectivity index (χ1v) is 28.5. The van der Waals surface area contributed by atoms with E-state index in [1.54, 1.807) is 0 Å². The maximum Gasteiger partial charge on any atom is 0.314 e. The first-order valence-electron chi connectivity index (χ1n) is 28.5. The van der Waals surface area contributed by atoms with Gasteiger partial charge in [0.05, 0.1) is 37.9 Å². The Balaban J connectivity index is 0.904. The largest absolute Gasteiger partial charge is 0.454 e. The summed E-state index contributed by atoms with van der Waals surface area (Å²) in [6.07, 6.45) is -22.4. The van der Waals surface area contributed by atoms with Crippen molar-refractivity contribution in [3.63, 3.8) is 0 Å². The molecule has 9 rings (SSSR count). The Kier molecular flexibility index (Phi) is 17.6. The van der Waals surface area contributed by atoms with Gasteiger partial charge in [-0.25, -0.2) is 0 Å². The van der Waals surface area contributed by atoms with Gasteiger partial charge in [0.15, 0.2) is 25.0 Å². The van der Waals surface area contributed by atoms with E-state index in [1.165, 1.54) is 6.92 Å². The number of carbonyl (C=O) groups is 2. The lowest BCUT2D eigenvalue weighted by atomic mass is 9.31. The fourth-order valence-electron chi connectivity index (χ4n) is 17.5. The van der Waals surface area contributed by atoms with Crippen LogP contribution in [-0.4, -0.2) is 222 Å². The first kappa shape index (κ1) is 60.8. The molecule has 448 valence electrons. The molecule has 0 amide bonds. The Morgan fingerprint density at radius 3 is 1.77 bits per heavy atom. The van der Waals surface area contributed by atoms with Gasteiger partial charge < -0.3 is 104 Å². The van der Waals surface area contributed by atoms with Crippen molar-refractivity contribution >= 4 is 11.9 Å². The standard InChI is InChI=1S/C55H90O23/c1-23-11-16-55(50(69)78-48-43(68)40(65)37(62)30(75-48)22-71-46-41(66)38(63)35(60)28(19-56)73-46)18-17-53(7)26(34(55)24(23)2)9-10-32-52(6)14-13-33(51(4,5)31(52)12-15-54(32,53)8)76-49-45(72-25(3)58)44(27(59)21-70-49)77-47-42(67)39(64)36(61)29(20-57)74-47/h23-24,26-49,56-57,59-68H,9-22H2,1-8H3/t23-,24+,26-,27+,28-,29-,30-,31+,32-,33+,34+,35-,36-,37-,38+,39+,40+,41-,42-,43-,44+,45-,46-,47+,48+,49+,52+,53-,54-,55+/m1/s1. The second kappa shape index (κ2) is 22.6. The zero-order valence-corrected chi connectivity index (χ0v) is 46.3. The predicted molar refractivity (Wildman–Crippen MR) is 266 cm³/mol. The minimum absolute atomic E-state index is 0.0920. The van der Waals surface area contributed by atoms with E-state index in [2.05, 4.69) is 48.5 Å². The lowest BCUT2D eigenvalue weighted by Crippen LogP contribution is -2.69. The highest BCUT2D eigenvalue weighted by Gasteiger charge is 2.72. The fourth-order valence-corrected chi connectivity index (χ4v) is 17.5. The van der Waals surface area contributed by atoms with E-state index in [1.807, 2.05) is 0 Å². The number of carbonyl (C=O) groups excluding carboxylic acids is 2. The van der Waals surface area contributed by atoms with Crippen molar-refractivity contribution in [3.05, 3.63) is 0 Å². The van der Waals surface area contributed by atoms with Crippen molar-refractivity contribution in [1.82, 2.24) is 0 Å². The van der Waals surface area contributed by atoms with Gasteiger partial charge in [0.25, 0.3) is 0 Å². The molecular formula is C55H90O23. The monoisotopic (exact) mass is 1120 g/mol. The molecule has 5 saturated carbocycles. The molecular weight excluding hydrogens is 1030 g/mol. The maximum atomic E-state index is 15.2. The van der Waals surface area contributed by atoms with Crippen LogP contribution >= 0.6 is 0 Å². The molecule has 0 spiro atoms. The van der Waals surface area contributed by atoms with E-state index in [-0.39, 0.29) is 46.5 Å². The Bertz CT molecular complexity index is 2100. The summed E-state index contributed by atoms with van der Waals surface area (Å²) in [5, 5.41) is 127. The van der Waals surface area contributed by atoms with Gasteiger partial charge in [0.1, 0.15) is 85.5 Å². The smallest absolute Gasteiger partial charge is 0.314 e. The van der Waals surface area contributed by atoms with Gasteiger partial charge in [-0.1, -0.05) is 48.5 Å². The Hall–Kier alpha value is -1.82. The molecule has 9 aliphatic rings. The summed E-state index contributed by atoms with van der Waals surface area (Å²) >= 11 is 0. The molecule has 4 aliphatic heterocycles. The van der Waals surface area contributed by atoms with Crippen LogP contribution in [0.1, 0.15) is 120 Å². The van der Waals surface area contributed by atoms with E-state index < -0.39 is 165 Å². The van der Waals surface area contributed by atoms with Crippen molar-refractivity contribution < 1.29 is 113 Å². The predicted octanol–water partition coefficient (Wildman–Crippen LogP) is -0.890. The zero-order chi connectivity index (χ0) is 56.9. The summed E-state index contributed by atoms with van der Waals surface area (Å²) in [6, 6.07) is 0. The maximum absolute atomic E-state index is 15.2. The van der Waals surface area contributed by atoms with Gasteiger partial charge in [-0.05, 0) is 121 Å². The molecule has 5 aliphatic carbocycles. The SMILES string of the molecule is CC(=O)O[C@H]1[C@H](O[C@H]2CC[C@]3(C)[C@H]4CC[C@@H]5[C@@H]6[C@@H](C)[C@H](C)CC[C@]6(C(=O)O[C@@H]6O[C@H](CO[C@@H]7O[C@H](CO)[C@@H](O)[C@H](O)[C@H]7O)[C@@H](O)[C@H](O)[C@H]6O)CC[C@@]5(C)[C@]4(C)CC[C@H]3C2(C)C)OC[C@H](O)[C@@H]1O[C@@H]1O[C@H](CO)[C@@H](O)[C@H](O)[C@H]1O. The molecule has 4 heterocycles. The number of fused-ring (bicyclic) bond motifs is 7. The third-order valence-electron chi connectivity index (χ3n) is 22.3. The summed E-state index contributed by atoms with van der Waals surface area (Å²) < 4.78 is 53.6. The number of hydrogen-bond acceptors (Lipinski definition) is 23. The number of ether oxygens (including phenoxy) is 9. The topological polar surface area (TPSA) is 360 Å². The molecule has 23 heteroatoms. The van der Waals surface area contributed by atoms with Crippen LogP contribution < -0.4 is 0 Å². The summed E-state index contributed by atoms with van der Waals surface area (Å²) in [5.74, 6) is -0.295. The molecule has 9 fully saturated rings. The minimum atomic E-state index is -1.82. The second-order valence-electron chi connectivity index (χ2n) is 26.3. The van der Waals surface area contributed by atoms with Gasteiger partial charge in [0.2, 0.25) is 6.29 Å². The molecule has 0 radical (unpaired) electrons. The highest BCUT2D eigenvalue weighted by molar-refractivity contribution is 5.78. The highest BCUT2D eigenvalue weighted by atomic mass is 16.8. The molecule has 23 nitrogen and oxygen atoms in total. The summed E-state index contributed by atoms with van der Waals surface area (Å²) in [7, 11) is 0. The number of rotatable bonds is 12.